The highest BCUT2D eigenvalue weighted by Crippen LogP contribution is 2.46. The molecule has 110 valence electrons. The summed E-state index contributed by atoms with van der Waals surface area (Å²) >= 11 is 0. The van der Waals surface area contributed by atoms with Gasteiger partial charge in [0.1, 0.15) is 0 Å². The Balaban J connectivity index is 1.74. The van der Waals surface area contributed by atoms with Gasteiger partial charge in [0.2, 0.25) is 0 Å². The molecule has 2 nitrogen and oxygen atoms in total. The number of benzene rings is 1. The smallest absolute Gasteiger partial charge is 0.0412 e. The zero-order chi connectivity index (χ0) is 14.0. The van der Waals surface area contributed by atoms with Crippen molar-refractivity contribution in [3.63, 3.8) is 0 Å². The molecule has 2 aliphatic rings. The molecular weight excluding hydrogens is 244 g/mol. The molecule has 1 heterocycles. The summed E-state index contributed by atoms with van der Waals surface area (Å²) in [4.78, 5) is 2.62. The summed E-state index contributed by atoms with van der Waals surface area (Å²) in [5.41, 5.74) is 4.99. The lowest BCUT2D eigenvalue weighted by Gasteiger charge is -2.41. The van der Waals surface area contributed by atoms with Gasteiger partial charge in [0.25, 0.3) is 0 Å². The van der Waals surface area contributed by atoms with Crippen LogP contribution >= 0.6 is 0 Å². The number of rotatable bonds is 3. The van der Waals surface area contributed by atoms with Gasteiger partial charge >= 0.3 is 0 Å². The SMILES string of the molecule is CNCc1cc(C)ccc1N1CCC2(CCCC2)CC1. The number of anilines is 1. The van der Waals surface area contributed by atoms with Crippen molar-refractivity contribution < 1.29 is 0 Å². The Morgan fingerprint density at radius 3 is 2.45 bits per heavy atom. The Bertz CT molecular complexity index is 450. The molecule has 1 aliphatic heterocycles. The van der Waals surface area contributed by atoms with Gasteiger partial charge < -0.3 is 10.2 Å². The van der Waals surface area contributed by atoms with Crippen molar-refractivity contribution in [3.8, 4) is 0 Å². The van der Waals surface area contributed by atoms with Crippen LogP contribution in [0.5, 0.6) is 0 Å². The summed E-state index contributed by atoms with van der Waals surface area (Å²) < 4.78 is 0. The fourth-order valence-electron chi connectivity index (χ4n) is 4.20. The van der Waals surface area contributed by atoms with Crippen LogP contribution in [0.4, 0.5) is 5.69 Å². The predicted octanol–water partition coefficient (Wildman–Crippen LogP) is 3.88. The van der Waals surface area contributed by atoms with Gasteiger partial charge in [0, 0.05) is 25.3 Å². The molecule has 0 bridgehead atoms. The molecule has 2 fully saturated rings. The van der Waals surface area contributed by atoms with Crippen LogP contribution in [-0.4, -0.2) is 20.1 Å². The second kappa shape index (κ2) is 5.77. The fraction of sp³-hybridized carbons (Fsp3) is 0.667. The molecule has 0 radical (unpaired) electrons. The number of aryl methyl sites for hydroxylation is 1. The molecule has 1 aromatic carbocycles. The van der Waals surface area contributed by atoms with Crippen molar-refractivity contribution in [1.29, 1.82) is 0 Å². The third kappa shape index (κ3) is 2.71. The Morgan fingerprint density at radius 1 is 1.10 bits per heavy atom. The third-order valence-electron chi connectivity index (χ3n) is 5.43. The van der Waals surface area contributed by atoms with Gasteiger partial charge in [0.15, 0.2) is 0 Å². The zero-order valence-corrected chi connectivity index (χ0v) is 13.0. The van der Waals surface area contributed by atoms with Gasteiger partial charge in [-0.05, 0) is 56.7 Å². The average molecular weight is 272 g/mol. The molecule has 1 aromatic rings. The topological polar surface area (TPSA) is 15.3 Å². The van der Waals surface area contributed by atoms with Crippen LogP contribution in [0, 0.1) is 12.3 Å². The van der Waals surface area contributed by atoms with Crippen LogP contribution < -0.4 is 10.2 Å². The first-order chi connectivity index (χ1) is 9.72. The van der Waals surface area contributed by atoms with E-state index in [1.54, 1.807) is 0 Å². The van der Waals surface area contributed by atoms with Crippen LogP contribution in [0.15, 0.2) is 18.2 Å². The van der Waals surface area contributed by atoms with E-state index in [2.05, 4.69) is 35.3 Å². The van der Waals surface area contributed by atoms with E-state index < -0.39 is 0 Å². The number of hydrogen-bond acceptors (Lipinski definition) is 2. The van der Waals surface area contributed by atoms with Gasteiger partial charge in [-0.2, -0.15) is 0 Å². The van der Waals surface area contributed by atoms with Gasteiger partial charge in [-0.3, -0.25) is 0 Å². The quantitative estimate of drug-likeness (QED) is 0.898. The minimum absolute atomic E-state index is 0.713. The molecular formula is C18H28N2. The average Bonchev–Trinajstić information content (AvgIpc) is 2.89. The predicted molar refractivity (Wildman–Crippen MR) is 86.3 cm³/mol. The molecule has 20 heavy (non-hydrogen) atoms. The molecule has 1 N–H and O–H groups in total. The fourth-order valence-corrected chi connectivity index (χ4v) is 4.20. The maximum Gasteiger partial charge on any atom is 0.0412 e. The minimum atomic E-state index is 0.713. The lowest BCUT2D eigenvalue weighted by atomic mass is 9.77. The maximum absolute atomic E-state index is 3.31. The van der Waals surface area contributed by atoms with E-state index in [4.69, 9.17) is 0 Å². The summed E-state index contributed by atoms with van der Waals surface area (Å²) in [6.07, 6.45) is 8.71. The monoisotopic (exact) mass is 272 g/mol. The van der Waals surface area contributed by atoms with Crippen molar-refractivity contribution in [2.24, 2.45) is 5.41 Å². The van der Waals surface area contributed by atoms with Crippen molar-refractivity contribution >= 4 is 5.69 Å². The molecule has 0 amide bonds. The minimum Gasteiger partial charge on any atom is -0.371 e. The van der Waals surface area contributed by atoms with E-state index in [9.17, 15) is 0 Å². The first kappa shape index (κ1) is 13.9. The molecule has 0 atom stereocenters. The van der Waals surface area contributed by atoms with Crippen LogP contribution in [0.1, 0.15) is 49.7 Å². The highest BCUT2D eigenvalue weighted by molar-refractivity contribution is 5.55. The third-order valence-corrected chi connectivity index (χ3v) is 5.43. The van der Waals surface area contributed by atoms with Crippen molar-refractivity contribution in [2.75, 3.05) is 25.0 Å². The van der Waals surface area contributed by atoms with Gasteiger partial charge in [0.05, 0.1) is 0 Å². The molecule has 1 saturated heterocycles. The van der Waals surface area contributed by atoms with E-state index in [1.807, 2.05) is 7.05 Å². The zero-order valence-electron chi connectivity index (χ0n) is 13.0. The number of hydrogen-bond donors (Lipinski definition) is 1. The molecule has 2 heteroatoms. The Hall–Kier alpha value is -1.02. The molecule has 0 aromatic heterocycles. The van der Waals surface area contributed by atoms with E-state index in [1.165, 1.54) is 68.4 Å². The van der Waals surface area contributed by atoms with Crippen LogP contribution in [0.3, 0.4) is 0 Å². The van der Waals surface area contributed by atoms with E-state index in [0.29, 0.717) is 5.41 Å². The molecule has 1 aliphatic carbocycles. The Morgan fingerprint density at radius 2 is 1.80 bits per heavy atom. The maximum atomic E-state index is 3.31. The van der Waals surface area contributed by atoms with Crippen molar-refractivity contribution in [3.05, 3.63) is 29.3 Å². The summed E-state index contributed by atoms with van der Waals surface area (Å²) in [6.45, 7) is 5.66. The summed E-state index contributed by atoms with van der Waals surface area (Å²) in [6, 6.07) is 6.93. The van der Waals surface area contributed by atoms with E-state index in [0.717, 1.165) is 6.54 Å². The van der Waals surface area contributed by atoms with Gasteiger partial charge in [-0.15, -0.1) is 0 Å². The molecule has 3 rings (SSSR count). The van der Waals surface area contributed by atoms with E-state index in [-0.39, 0.29) is 0 Å². The normalized spacial score (nSPS) is 21.6. The first-order valence-corrected chi connectivity index (χ1v) is 8.22. The molecule has 0 unspecified atom stereocenters. The van der Waals surface area contributed by atoms with Gasteiger partial charge in [-0.25, -0.2) is 0 Å². The van der Waals surface area contributed by atoms with Crippen LogP contribution in [0.25, 0.3) is 0 Å². The second-order valence-electron chi connectivity index (χ2n) is 6.86. The number of piperidine rings is 1. The Kier molecular flexibility index (Phi) is 4.02. The summed E-state index contributed by atoms with van der Waals surface area (Å²) in [5, 5.41) is 3.31. The number of nitrogens with zero attached hydrogens (tertiary/aromatic N) is 1. The lowest BCUT2D eigenvalue weighted by Crippen LogP contribution is -2.39. The standard InChI is InChI=1S/C18H28N2/c1-15-5-6-17(16(13-15)14-19-2)20-11-9-18(10-12-20)7-3-4-8-18/h5-6,13,19H,3-4,7-12,14H2,1-2H3. The highest BCUT2D eigenvalue weighted by Gasteiger charge is 2.37. The number of nitrogens with one attached hydrogen (secondary N) is 1. The van der Waals surface area contributed by atoms with Gasteiger partial charge in [-0.1, -0.05) is 30.5 Å². The summed E-state index contributed by atoms with van der Waals surface area (Å²) in [5.74, 6) is 0. The highest BCUT2D eigenvalue weighted by atomic mass is 15.1. The molecule has 1 spiro atoms. The molecule has 1 saturated carbocycles. The van der Waals surface area contributed by atoms with Crippen LogP contribution in [-0.2, 0) is 6.54 Å². The first-order valence-electron chi connectivity index (χ1n) is 8.22. The van der Waals surface area contributed by atoms with Crippen molar-refractivity contribution in [2.45, 2.75) is 52.0 Å². The largest absolute Gasteiger partial charge is 0.371 e. The second-order valence-corrected chi connectivity index (χ2v) is 6.86. The Labute approximate surface area is 123 Å². The van der Waals surface area contributed by atoms with E-state index >= 15 is 0 Å². The van der Waals surface area contributed by atoms with Crippen molar-refractivity contribution in [1.82, 2.24) is 5.32 Å². The van der Waals surface area contributed by atoms with Crippen LogP contribution in [0.2, 0.25) is 0 Å². The summed E-state index contributed by atoms with van der Waals surface area (Å²) in [7, 11) is 2.04. The lowest BCUT2D eigenvalue weighted by molar-refractivity contribution is 0.226.